The second kappa shape index (κ2) is 8.35. The van der Waals surface area contributed by atoms with Crippen LogP contribution in [-0.2, 0) is 13.6 Å². The number of para-hydroxylation sites is 3. The van der Waals surface area contributed by atoms with Crippen LogP contribution in [-0.4, -0.2) is 47.6 Å². The van der Waals surface area contributed by atoms with Crippen LogP contribution in [0.15, 0.2) is 59.4 Å². The highest BCUT2D eigenvalue weighted by Gasteiger charge is 2.23. The molecule has 4 rings (SSSR count). The average Bonchev–Trinajstić information content (AvgIpc) is 2.98. The van der Waals surface area contributed by atoms with Crippen LogP contribution in [0.5, 0.6) is 5.75 Å². The predicted molar refractivity (Wildman–Crippen MR) is 117 cm³/mol. The number of rotatable bonds is 5. The van der Waals surface area contributed by atoms with Gasteiger partial charge in [0.15, 0.2) is 0 Å². The van der Waals surface area contributed by atoms with Crippen molar-refractivity contribution < 1.29 is 4.74 Å². The van der Waals surface area contributed by atoms with E-state index in [2.05, 4.69) is 15.9 Å². The van der Waals surface area contributed by atoms with Crippen LogP contribution in [0.1, 0.15) is 5.69 Å². The number of halogens is 1. The van der Waals surface area contributed by atoms with Crippen molar-refractivity contribution in [1.82, 2.24) is 14.3 Å². The monoisotopic (exact) mass is 412 g/mol. The van der Waals surface area contributed by atoms with Crippen molar-refractivity contribution in [2.45, 2.75) is 6.54 Å². The molecule has 152 valence electrons. The van der Waals surface area contributed by atoms with E-state index < -0.39 is 0 Å². The fourth-order valence-electron chi connectivity index (χ4n) is 3.90. The summed E-state index contributed by atoms with van der Waals surface area (Å²) in [5.41, 5.74) is 2.60. The molecule has 0 bridgehead atoms. The molecule has 0 N–H and O–H groups in total. The Bertz CT molecular complexity index is 1040. The van der Waals surface area contributed by atoms with E-state index >= 15 is 0 Å². The van der Waals surface area contributed by atoms with Crippen LogP contribution in [0.3, 0.4) is 0 Å². The van der Waals surface area contributed by atoms with Gasteiger partial charge in [0.1, 0.15) is 10.8 Å². The van der Waals surface area contributed by atoms with Crippen LogP contribution >= 0.6 is 11.6 Å². The summed E-state index contributed by atoms with van der Waals surface area (Å²) in [5.74, 6) is 0.895. The van der Waals surface area contributed by atoms with Gasteiger partial charge in [-0.15, -0.1) is 0 Å². The highest BCUT2D eigenvalue weighted by atomic mass is 35.5. The van der Waals surface area contributed by atoms with Gasteiger partial charge in [-0.1, -0.05) is 41.9 Å². The zero-order valence-corrected chi connectivity index (χ0v) is 17.5. The minimum atomic E-state index is -0.178. The van der Waals surface area contributed by atoms with Gasteiger partial charge in [0.05, 0.1) is 24.2 Å². The second-order valence-corrected chi connectivity index (χ2v) is 7.55. The first-order valence-corrected chi connectivity index (χ1v) is 10.1. The molecule has 29 heavy (non-hydrogen) atoms. The topological polar surface area (TPSA) is 42.6 Å². The first kappa shape index (κ1) is 19.6. The predicted octanol–water partition coefficient (Wildman–Crippen LogP) is 3.16. The molecule has 1 aromatic heterocycles. The van der Waals surface area contributed by atoms with Gasteiger partial charge in [-0.3, -0.25) is 14.4 Å². The summed E-state index contributed by atoms with van der Waals surface area (Å²) in [6, 6.07) is 17.7. The SMILES string of the molecule is COc1ccccc1N1CCN(Cc2c(Cl)c(=O)n(-c3ccccc3)n2C)CC1. The molecule has 1 aliphatic heterocycles. The van der Waals surface area contributed by atoms with Gasteiger partial charge < -0.3 is 9.64 Å². The molecule has 0 aliphatic carbocycles. The minimum Gasteiger partial charge on any atom is -0.495 e. The van der Waals surface area contributed by atoms with Gasteiger partial charge in [-0.05, 0) is 24.3 Å². The fraction of sp³-hybridized carbons (Fsp3) is 0.318. The molecule has 1 aliphatic rings. The van der Waals surface area contributed by atoms with E-state index in [9.17, 15) is 4.79 Å². The minimum absolute atomic E-state index is 0.178. The van der Waals surface area contributed by atoms with Crippen LogP contribution in [0.2, 0.25) is 5.02 Å². The zero-order chi connectivity index (χ0) is 20.4. The molecule has 0 spiro atoms. The molecule has 1 saturated heterocycles. The van der Waals surface area contributed by atoms with Crippen molar-refractivity contribution in [3.63, 3.8) is 0 Å². The normalized spacial score (nSPS) is 14.9. The Kier molecular flexibility index (Phi) is 5.65. The number of hydrogen-bond acceptors (Lipinski definition) is 4. The van der Waals surface area contributed by atoms with Gasteiger partial charge in [0, 0.05) is 39.8 Å². The number of ether oxygens (including phenoxy) is 1. The third kappa shape index (κ3) is 3.78. The first-order valence-electron chi connectivity index (χ1n) is 9.72. The van der Waals surface area contributed by atoms with Gasteiger partial charge in [0.25, 0.3) is 5.56 Å². The summed E-state index contributed by atoms with van der Waals surface area (Å²) in [6.07, 6.45) is 0. The van der Waals surface area contributed by atoms with Gasteiger partial charge in [0.2, 0.25) is 0 Å². The molecular formula is C22H25ClN4O2. The Morgan fingerprint density at radius 3 is 2.31 bits per heavy atom. The molecule has 0 amide bonds. The van der Waals surface area contributed by atoms with E-state index in [1.54, 1.807) is 11.8 Å². The molecular weight excluding hydrogens is 388 g/mol. The Labute approximate surface area is 175 Å². The number of piperazine rings is 1. The molecule has 0 unspecified atom stereocenters. The lowest BCUT2D eigenvalue weighted by Gasteiger charge is -2.36. The first-order chi connectivity index (χ1) is 14.1. The maximum atomic E-state index is 12.7. The molecule has 7 heteroatoms. The van der Waals surface area contributed by atoms with Gasteiger partial charge >= 0.3 is 0 Å². The Hall–Kier alpha value is -2.70. The summed E-state index contributed by atoms with van der Waals surface area (Å²) in [5, 5.41) is 0.295. The van der Waals surface area contributed by atoms with Crippen molar-refractivity contribution >= 4 is 17.3 Å². The van der Waals surface area contributed by atoms with Crippen LogP contribution in [0.4, 0.5) is 5.69 Å². The molecule has 0 saturated carbocycles. The number of aromatic nitrogens is 2. The molecule has 0 atom stereocenters. The summed E-state index contributed by atoms with van der Waals surface area (Å²) >= 11 is 6.44. The molecule has 6 nitrogen and oxygen atoms in total. The average molecular weight is 413 g/mol. The maximum absolute atomic E-state index is 12.7. The number of nitrogens with zero attached hydrogens (tertiary/aromatic N) is 4. The standard InChI is InChI=1S/C22H25ClN4O2/c1-24-19(21(23)22(28)27(24)17-8-4-3-5-9-17)16-25-12-14-26(15-13-25)18-10-6-7-11-20(18)29-2/h3-11H,12-16H2,1-2H3. The van der Waals surface area contributed by atoms with E-state index in [1.807, 2.05) is 60.3 Å². The Balaban J connectivity index is 1.50. The lowest BCUT2D eigenvalue weighted by atomic mass is 10.2. The summed E-state index contributed by atoms with van der Waals surface area (Å²) in [7, 11) is 3.59. The van der Waals surface area contributed by atoms with E-state index in [0.29, 0.717) is 11.6 Å². The molecule has 1 fully saturated rings. The van der Waals surface area contributed by atoms with Crippen LogP contribution in [0.25, 0.3) is 5.69 Å². The van der Waals surface area contributed by atoms with Gasteiger partial charge in [-0.2, -0.15) is 0 Å². The second-order valence-electron chi connectivity index (χ2n) is 7.17. The lowest BCUT2D eigenvalue weighted by Crippen LogP contribution is -2.46. The number of benzene rings is 2. The summed E-state index contributed by atoms with van der Waals surface area (Å²) in [6.45, 7) is 4.21. The third-order valence-electron chi connectivity index (χ3n) is 5.50. The molecule has 2 aromatic carbocycles. The summed E-state index contributed by atoms with van der Waals surface area (Å²) in [4.78, 5) is 17.4. The molecule has 3 aromatic rings. The lowest BCUT2D eigenvalue weighted by molar-refractivity contribution is 0.242. The molecule has 0 radical (unpaired) electrons. The van der Waals surface area contributed by atoms with Crippen molar-refractivity contribution in [2.75, 3.05) is 38.2 Å². The van der Waals surface area contributed by atoms with E-state index in [4.69, 9.17) is 16.3 Å². The van der Waals surface area contributed by atoms with Crippen molar-refractivity contribution in [2.24, 2.45) is 7.05 Å². The van der Waals surface area contributed by atoms with Crippen molar-refractivity contribution in [1.29, 1.82) is 0 Å². The summed E-state index contributed by atoms with van der Waals surface area (Å²) < 4.78 is 8.99. The highest BCUT2D eigenvalue weighted by Crippen LogP contribution is 2.28. The Morgan fingerprint density at radius 2 is 1.62 bits per heavy atom. The van der Waals surface area contributed by atoms with Gasteiger partial charge in [-0.25, -0.2) is 4.68 Å². The van der Waals surface area contributed by atoms with E-state index in [0.717, 1.165) is 49.0 Å². The van der Waals surface area contributed by atoms with E-state index in [-0.39, 0.29) is 5.56 Å². The Morgan fingerprint density at radius 1 is 0.966 bits per heavy atom. The molecule has 2 heterocycles. The quantitative estimate of drug-likeness (QED) is 0.645. The highest BCUT2D eigenvalue weighted by molar-refractivity contribution is 6.31. The van der Waals surface area contributed by atoms with Crippen LogP contribution < -0.4 is 15.2 Å². The van der Waals surface area contributed by atoms with Crippen molar-refractivity contribution in [3.05, 3.63) is 75.7 Å². The number of methoxy groups -OCH3 is 1. The maximum Gasteiger partial charge on any atom is 0.290 e. The largest absolute Gasteiger partial charge is 0.495 e. The van der Waals surface area contributed by atoms with Crippen molar-refractivity contribution in [3.8, 4) is 11.4 Å². The third-order valence-corrected chi connectivity index (χ3v) is 5.88. The smallest absolute Gasteiger partial charge is 0.290 e. The number of hydrogen-bond donors (Lipinski definition) is 0. The van der Waals surface area contributed by atoms with Crippen LogP contribution in [0, 0.1) is 0 Å². The fourth-order valence-corrected chi connectivity index (χ4v) is 4.16. The number of anilines is 1. The van der Waals surface area contributed by atoms with E-state index in [1.165, 1.54) is 0 Å². The zero-order valence-electron chi connectivity index (χ0n) is 16.7.